The Morgan fingerprint density at radius 2 is 0.800 bits per heavy atom. The van der Waals surface area contributed by atoms with Crippen molar-refractivity contribution in [1.82, 2.24) is 0 Å². The van der Waals surface area contributed by atoms with Gasteiger partial charge >= 0.3 is 0 Å². The zero-order valence-electron chi connectivity index (χ0n) is 35.6. The summed E-state index contributed by atoms with van der Waals surface area (Å²) in [5, 5.41) is 125. The van der Waals surface area contributed by atoms with Gasteiger partial charge in [0.1, 0.15) is 97.8 Å². The zero-order valence-corrected chi connectivity index (χ0v) is 97.3. The third-order valence-corrected chi connectivity index (χ3v) is 9.85. The van der Waals surface area contributed by atoms with Gasteiger partial charge in [-0.3, -0.25) is 0 Å². The molecule has 13 N–H and O–H groups in total. The normalized spacial score (nSPS) is 42.4. The first-order valence-electron chi connectivity index (χ1n) is 16.8. The number of hydrogen-bond donors (Lipinski definition) is 12. The third-order valence-electron chi connectivity index (χ3n) is 9.85. The van der Waals surface area contributed by atoms with Crippen molar-refractivity contribution in [3.05, 3.63) is 18.1 Å². The van der Waals surface area contributed by atoms with E-state index in [4.69, 9.17) is 48.4 Å². The maximum atomic E-state index is 11.1. The first-order valence-corrected chi connectivity index (χ1v) is 16.8. The van der Waals surface area contributed by atoms with E-state index in [1.165, 1.54) is 19.9 Å². The molecule has 0 amide bonds. The van der Waals surface area contributed by atoms with Gasteiger partial charge in [-0.2, -0.15) is 0 Å². The fourth-order valence-electron chi connectivity index (χ4n) is 6.58. The molecule has 35 heteroatoms. The van der Waals surface area contributed by atoms with Crippen molar-refractivity contribution in [2.45, 2.75) is 155 Å². The number of hydrogen-bond acceptors (Lipinski definition) is 21. The number of nitrogens with one attached hydrogen (secondary N) is 1. The molecule has 0 aromatic carbocycles. The monoisotopic (exact) mass is 3710 g/mol. The van der Waals surface area contributed by atoms with Crippen LogP contribution >= 0.6 is 0 Å². The summed E-state index contributed by atoms with van der Waals surface area (Å²) >= 11 is 0. The van der Waals surface area contributed by atoms with Gasteiger partial charge in [0.25, 0.3) is 0 Å². The van der Waals surface area contributed by atoms with E-state index in [9.17, 15) is 61.3 Å². The predicted molar refractivity (Wildman–Crippen MR) is 163 cm³/mol. The van der Waals surface area contributed by atoms with E-state index in [1.807, 2.05) is 0 Å². The van der Waals surface area contributed by atoms with Crippen LogP contribution in [0.1, 0.15) is 13.8 Å². The minimum Gasteiger partial charge on any atom is -0.668 e. The van der Waals surface area contributed by atoms with Crippen molar-refractivity contribution < 1.29 is 677 Å². The Morgan fingerprint density at radius 3 is 1.23 bits per heavy atom. The molecule has 23 atom stereocenters. The second-order valence-corrected chi connectivity index (χ2v) is 13.4. The minimum absolute atomic E-state index is 0. The van der Waals surface area contributed by atoms with E-state index in [-0.39, 0.29) is 573 Å². The van der Waals surface area contributed by atoms with Crippen LogP contribution in [0.5, 0.6) is 0 Å². The van der Waals surface area contributed by atoms with E-state index in [0.717, 1.165) is 6.26 Å². The summed E-state index contributed by atoms with van der Waals surface area (Å²) < 4.78 is 51.6. The first-order chi connectivity index (χ1) is 24.6. The van der Waals surface area contributed by atoms with Crippen LogP contribution in [0, 0.1) is 573 Å². The molecule has 14 unspecified atom stereocenters. The smallest absolute Gasteiger partial charge is 0.187 e. The molecule has 5 heterocycles. The molecule has 0 spiro atoms. The molecule has 5 rings (SSSR count). The fraction of sp³-hybridized carbons (Fsp3) is 0.933. The van der Waals surface area contributed by atoms with Crippen LogP contribution in [0.25, 0.3) is 5.73 Å². The van der Waals surface area contributed by atoms with Gasteiger partial charge in [0.2, 0.25) is 0 Å². The van der Waals surface area contributed by atoms with Gasteiger partial charge in [0.15, 0.2) is 18.9 Å². The quantitative estimate of drug-likeness (QED) is 0.0915. The molecule has 341 valence electrons. The second-order valence-electron chi connectivity index (χ2n) is 13.4. The molecular weight excluding hydrogens is 3660 g/mol. The van der Waals surface area contributed by atoms with Crippen molar-refractivity contribution in [2.24, 2.45) is 0 Å². The summed E-state index contributed by atoms with van der Waals surface area (Å²) in [6, 6.07) is -1.72. The average molecular weight is 3710 g/mol. The zero-order chi connectivity index (χ0) is 38.2. The standard InChI is InChI=1S/C30H50NO21.13Ac/c1-8-15(35)19(39)22(42)28(45-8)51-25-14(31)27(47-10-3-4-44-11(5-32)17(10)37)49-13(7-34)24(25)50-30-26(21(41)18(38)12(6-33)48-30)52-29-23(43)20(40)16(36)9(2)46-29;;;;;;;;;;;;;/h3-4,8-43H,5-7H2,1-2H3;;;;;;;;;;;;;/q-1;;;;;;;;;;;;;/t8?,9?,10?,11?,12?,13?,14?,15-,16-,17-,18+,19?,20?,21?,22?,23?,24-,25?,26?,27-,28+,29+,30+;;;;;;;;;;;;;/m1............./s1. The largest absolute Gasteiger partial charge is 0.668 e. The molecule has 5 aliphatic rings. The van der Waals surface area contributed by atoms with Gasteiger partial charge in [-0.1, -0.05) is 6.04 Å². The number of aliphatic hydroxyl groups is 12. The van der Waals surface area contributed by atoms with Crippen LogP contribution in [-0.4, -0.2) is 222 Å². The van der Waals surface area contributed by atoms with Gasteiger partial charge in [-0.25, -0.2) is 0 Å². The maximum absolute atomic E-state index is 11.1. The van der Waals surface area contributed by atoms with Gasteiger partial charge in [-0.15, -0.1) is 0 Å². The fourth-order valence-corrected chi connectivity index (χ4v) is 6.58. The predicted octanol–water partition coefficient (Wildman–Crippen LogP) is -6.98. The Morgan fingerprint density at radius 1 is 0.400 bits per heavy atom. The molecule has 22 nitrogen and oxygen atoms in total. The van der Waals surface area contributed by atoms with Crippen molar-refractivity contribution in [3.63, 3.8) is 0 Å². The van der Waals surface area contributed by atoms with Crippen molar-refractivity contribution in [1.29, 1.82) is 0 Å². The number of aliphatic hydroxyl groups excluding tert-OH is 12. The Labute approximate surface area is 843 Å². The Kier molecular flexibility index (Phi) is 81.5. The molecular formula is C30H50Ac13NO21-. The second kappa shape index (κ2) is 52.2. The maximum Gasteiger partial charge on any atom is 0.187 e. The summed E-state index contributed by atoms with van der Waals surface area (Å²) in [6.07, 6.45) is -32.7. The van der Waals surface area contributed by atoms with Crippen LogP contribution in [-0.2, 0) is 42.6 Å². The van der Waals surface area contributed by atoms with Crippen LogP contribution in [0.2, 0.25) is 0 Å². The molecule has 4 fully saturated rings. The van der Waals surface area contributed by atoms with Crippen molar-refractivity contribution in [3.8, 4) is 0 Å². The van der Waals surface area contributed by atoms with E-state index in [2.05, 4.69) is 0 Å². The minimum atomic E-state index is -1.94. The van der Waals surface area contributed by atoms with E-state index in [1.54, 1.807) is 0 Å². The number of ether oxygens (including phenoxy) is 9. The van der Waals surface area contributed by atoms with E-state index in [0.29, 0.717) is 0 Å². The van der Waals surface area contributed by atoms with Gasteiger partial charge in [0, 0.05) is 573 Å². The van der Waals surface area contributed by atoms with Crippen LogP contribution in [0.15, 0.2) is 12.3 Å². The Bertz CT molecular complexity index is 1210. The molecule has 0 aromatic heterocycles. The van der Waals surface area contributed by atoms with Crippen LogP contribution in [0.3, 0.4) is 0 Å². The molecule has 0 aromatic rings. The Balaban J connectivity index is -0.000000345. The molecule has 0 bridgehead atoms. The summed E-state index contributed by atoms with van der Waals surface area (Å²) in [5.74, 6) is 0. The molecule has 65 heavy (non-hydrogen) atoms. The van der Waals surface area contributed by atoms with Gasteiger partial charge in [-0.05, 0) is 19.9 Å². The van der Waals surface area contributed by atoms with Crippen LogP contribution in [0.4, 0.5) is 0 Å². The molecule has 5 aliphatic heterocycles. The van der Waals surface area contributed by atoms with E-state index < -0.39 is 161 Å². The van der Waals surface area contributed by atoms with Gasteiger partial charge < -0.3 is 110 Å². The van der Waals surface area contributed by atoms with Crippen LogP contribution < -0.4 is 0 Å². The summed E-state index contributed by atoms with van der Waals surface area (Å²) in [6.45, 7) is 0.419. The first kappa shape index (κ1) is 101. The SMILES string of the molecule is CC1O[C@@H](OC2C(O)[C@@H](O)C(CO)O[C@H]2O[C@@H]2C(CO)O[C@@H](OC3C=COC(CO)[C@@H]3O)C([NH-])C2O[C@@H]2OC(C)[C@@H](O)C(O)C2O)C(O)C(O)[C@@H]1O.[Ac].[Ac].[Ac].[Ac].[Ac].[Ac].[Ac].[Ac].[Ac].[Ac].[Ac].[Ac].[Ac]. The van der Waals surface area contributed by atoms with Gasteiger partial charge in [0.05, 0.1) is 44.4 Å². The average Bonchev–Trinajstić information content (AvgIpc) is 3.13. The van der Waals surface area contributed by atoms with Crippen molar-refractivity contribution >= 4 is 0 Å². The third kappa shape index (κ3) is 28.9. The topological polar surface area (TPSA) is 350 Å². The number of rotatable bonds is 11. The van der Waals surface area contributed by atoms with Crippen molar-refractivity contribution in [2.75, 3.05) is 19.8 Å². The summed E-state index contributed by atoms with van der Waals surface area (Å²) in [5.41, 5.74) is 9.12. The summed E-state index contributed by atoms with van der Waals surface area (Å²) in [7, 11) is 0. The molecule has 0 aliphatic carbocycles. The molecule has 4 saturated heterocycles. The Hall–Kier alpha value is 17.4. The van der Waals surface area contributed by atoms with E-state index >= 15 is 0 Å². The molecule has 13 radical (unpaired) electrons. The molecule has 0 saturated carbocycles. The summed E-state index contributed by atoms with van der Waals surface area (Å²) in [4.78, 5) is 0.